The van der Waals surface area contributed by atoms with Crippen LogP contribution < -0.4 is 9.47 Å². The van der Waals surface area contributed by atoms with Gasteiger partial charge in [-0.3, -0.25) is 9.20 Å². The molecule has 6 nitrogen and oxygen atoms in total. The zero-order valence-corrected chi connectivity index (χ0v) is 14.3. The molecule has 0 fully saturated rings. The van der Waals surface area contributed by atoms with Crippen molar-refractivity contribution in [2.45, 2.75) is 13.0 Å². The van der Waals surface area contributed by atoms with Gasteiger partial charge in [0.25, 0.3) is 5.91 Å². The summed E-state index contributed by atoms with van der Waals surface area (Å²) in [5.74, 6) is 1.45. The third-order valence-electron chi connectivity index (χ3n) is 4.37. The molecule has 24 heavy (non-hydrogen) atoms. The van der Waals surface area contributed by atoms with E-state index in [1.807, 2.05) is 33.0 Å². The number of benzene rings is 1. The molecule has 124 valence electrons. The Kier molecular flexibility index (Phi) is 3.65. The predicted molar refractivity (Wildman–Crippen MR) is 91.1 cm³/mol. The molecule has 0 spiro atoms. The predicted octanol–water partition coefficient (Wildman–Crippen LogP) is 2.61. The van der Waals surface area contributed by atoms with Gasteiger partial charge in [-0.2, -0.15) is 0 Å². The van der Waals surface area contributed by atoms with Gasteiger partial charge >= 0.3 is 0 Å². The fourth-order valence-electron chi connectivity index (χ4n) is 3.10. The third kappa shape index (κ3) is 2.32. The molecule has 0 saturated carbocycles. The van der Waals surface area contributed by atoms with Gasteiger partial charge in [0.15, 0.2) is 16.5 Å². The maximum atomic E-state index is 12.9. The summed E-state index contributed by atoms with van der Waals surface area (Å²) in [6.07, 6.45) is 4.34. The molecule has 0 N–H and O–H groups in total. The lowest BCUT2D eigenvalue weighted by Crippen LogP contribution is -2.36. The molecule has 1 amide bonds. The maximum absolute atomic E-state index is 12.9. The van der Waals surface area contributed by atoms with Gasteiger partial charge in [-0.1, -0.05) is 0 Å². The van der Waals surface area contributed by atoms with Crippen molar-refractivity contribution in [1.29, 1.82) is 0 Å². The van der Waals surface area contributed by atoms with E-state index in [9.17, 15) is 4.79 Å². The van der Waals surface area contributed by atoms with Crippen molar-refractivity contribution in [3.8, 4) is 11.5 Å². The zero-order chi connectivity index (χ0) is 16.7. The number of fused-ring (bicyclic) bond motifs is 2. The van der Waals surface area contributed by atoms with Crippen LogP contribution in [-0.2, 0) is 13.0 Å². The van der Waals surface area contributed by atoms with E-state index in [1.54, 1.807) is 20.4 Å². The molecular formula is C17H17N3O3S. The number of hydrogen-bond acceptors (Lipinski definition) is 5. The minimum absolute atomic E-state index is 0.0275. The van der Waals surface area contributed by atoms with Crippen LogP contribution in [0.5, 0.6) is 11.5 Å². The molecule has 2 aromatic heterocycles. The number of amides is 1. The van der Waals surface area contributed by atoms with Gasteiger partial charge in [-0.15, -0.1) is 11.3 Å². The Balaban J connectivity index is 1.64. The molecule has 0 aliphatic carbocycles. The van der Waals surface area contributed by atoms with E-state index in [0.29, 0.717) is 24.5 Å². The summed E-state index contributed by atoms with van der Waals surface area (Å²) >= 11 is 1.48. The van der Waals surface area contributed by atoms with E-state index in [2.05, 4.69) is 4.98 Å². The number of nitrogens with zero attached hydrogens (tertiary/aromatic N) is 3. The fraction of sp³-hybridized carbons (Fsp3) is 0.294. The second kappa shape index (κ2) is 5.83. The SMILES string of the molecule is COc1cc2c(cc1OC)CN(C(=O)c1csc3nccn13)CC2. The number of aromatic nitrogens is 2. The molecule has 3 aromatic rings. The average Bonchev–Trinajstić information content (AvgIpc) is 3.22. The first-order valence-electron chi connectivity index (χ1n) is 7.65. The Morgan fingerprint density at radius 1 is 1.21 bits per heavy atom. The van der Waals surface area contributed by atoms with Gasteiger partial charge in [0, 0.05) is 30.9 Å². The van der Waals surface area contributed by atoms with Gasteiger partial charge in [0.1, 0.15) is 5.69 Å². The number of hydrogen-bond donors (Lipinski definition) is 0. The molecule has 0 bridgehead atoms. The molecule has 0 saturated heterocycles. The first-order valence-corrected chi connectivity index (χ1v) is 8.53. The van der Waals surface area contributed by atoms with Crippen molar-refractivity contribution in [3.63, 3.8) is 0 Å². The van der Waals surface area contributed by atoms with Crippen LogP contribution in [0.3, 0.4) is 0 Å². The van der Waals surface area contributed by atoms with E-state index in [-0.39, 0.29) is 5.91 Å². The van der Waals surface area contributed by atoms with E-state index in [4.69, 9.17) is 9.47 Å². The summed E-state index contributed by atoms with van der Waals surface area (Å²) in [6, 6.07) is 3.97. The summed E-state index contributed by atoms with van der Waals surface area (Å²) in [5.41, 5.74) is 2.97. The Hall–Kier alpha value is -2.54. The minimum atomic E-state index is 0.0275. The maximum Gasteiger partial charge on any atom is 0.272 e. The van der Waals surface area contributed by atoms with E-state index in [1.165, 1.54) is 16.9 Å². The van der Waals surface area contributed by atoms with E-state index >= 15 is 0 Å². The van der Waals surface area contributed by atoms with Crippen LogP contribution in [0.1, 0.15) is 21.6 Å². The zero-order valence-electron chi connectivity index (χ0n) is 13.5. The first kappa shape index (κ1) is 15.0. The van der Waals surface area contributed by atoms with Crippen LogP contribution in [0.25, 0.3) is 4.96 Å². The molecule has 7 heteroatoms. The Morgan fingerprint density at radius 2 is 1.96 bits per heavy atom. The molecule has 0 atom stereocenters. The van der Waals surface area contributed by atoms with Gasteiger partial charge in [0.2, 0.25) is 0 Å². The second-order valence-electron chi connectivity index (χ2n) is 5.65. The quantitative estimate of drug-likeness (QED) is 0.733. The highest BCUT2D eigenvalue weighted by atomic mass is 32.1. The highest BCUT2D eigenvalue weighted by Crippen LogP contribution is 2.33. The van der Waals surface area contributed by atoms with Crippen LogP contribution in [0.2, 0.25) is 0 Å². The number of carbonyl (C=O) groups is 1. The molecule has 1 aliphatic heterocycles. The fourth-order valence-corrected chi connectivity index (χ4v) is 3.92. The summed E-state index contributed by atoms with van der Waals surface area (Å²) in [6.45, 7) is 1.26. The number of thiazole rings is 1. The highest BCUT2D eigenvalue weighted by Gasteiger charge is 2.25. The lowest BCUT2D eigenvalue weighted by molar-refractivity contribution is 0.0727. The molecule has 4 rings (SSSR count). The van der Waals surface area contributed by atoms with E-state index in [0.717, 1.165) is 22.7 Å². The van der Waals surface area contributed by atoms with E-state index < -0.39 is 0 Å². The molecule has 0 radical (unpaired) electrons. The van der Waals surface area contributed by atoms with Crippen LogP contribution in [0.4, 0.5) is 0 Å². The van der Waals surface area contributed by atoms with Crippen LogP contribution in [0.15, 0.2) is 29.9 Å². The Labute approximate surface area is 143 Å². The van der Waals surface area contributed by atoms with Crippen molar-refractivity contribution in [2.24, 2.45) is 0 Å². The summed E-state index contributed by atoms with van der Waals surface area (Å²) in [4.78, 5) is 19.8. The first-order chi connectivity index (χ1) is 11.7. The molecule has 3 heterocycles. The smallest absolute Gasteiger partial charge is 0.272 e. The van der Waals surface area contributed by atoms with Gasteiger partial charge < -0.3 is 14.4 Å². The topological polar surface area (TPSA) is 56.1 Å². The van der Waals surface area contributed by atoms with Crippen LogP contribution >= 0.6 is 11.3 Å². The number of imidazole rings is 1. The van der Waals surface area contributed by atoms with Crippen molar-refractivity contribution < 1.29 is 14.3 Å². The number of ether oxygens (including phenoxy) is 2. The normalized spacial score (nSPS) is 13.8. The average molecular weight is 343 g/mol. The van der Waals surface area contributed by atoms with Gasteiger partial charge in [0.05, 0.1) is 14.2 Å². The lowest BCUT2D eigenvalue weighted by Gasteiger charge is -2.29. The lowest BCUT2D eigenvalue weighted by atomic mass is 9.98. The largest absolute Gasteiger partial charge is 0.493 e. The third-order valence-corrected chi connectivity index (χ3v) is 5.22. The van der Waals surface area contributed by atoms with Crippen molar-refractivity contribution in [1.82, 2.24) is 14.3 Å². The standard InChI is InChI=1S/C17H17N3O3S/c1-22-14-7-11-3-5-19(9-12(11)8-15(14)23-2)16(21)13-10-24-17-18-4-6-20(13)17/h4,6-8,10H,3,5,9H2,1-2H3. The molecule has 1 aromatic carbocycles. The minimum Gasteiger partial charge on any atom is -0.493 e. The molecule has 0 unspecified atom stereocenters. The highest BCUT2D eigenvalue weighted by molar-refractivity contribution is 7.15. The number of rotatable bonds is 3. The van der Waals surface area contributed by atoms with Crippen LogP contribution in [0, 0.1) is 0 Å². The molecular weight excluding hydrogens is 326 g/mol. The number of carbonyl (C=O) groups excluding carboxylic acids is 1. The summed E-state index contributed by atoms with van der Waals surface area (Å²) in [5, 5.41) is 1.87. The monoisotopic (exact) mass is 343 g/mol. The Morgan fingerprint density at radius 3 is 2.71 bits per heavy atom. The van der Waals surface area contributed by atoms with Crippen molar-refractivity contribution in [2.75, 3.05) is 20.8 Å². The Bertz CT molecular complexity index is 915. The summed E-state index contributed by atoms with van der Waals surface area (Å²) in [7, 11) is 3.26. The second-order valence-corrected chi connectivity index (χ2v) is 6.49. The number of methoxy groups -OCH3 is 2. The molecule has 1 aliphatic rings. The van der Waals surface area contributed by atoms with Crippen molar-refractivity contribution >= 4 is 22.2 Å². The van der Waals surface area contributed by atoms with Gasteiger partial charge in [-0.05, 0) is 29.7 Å². The van der Waals surface area contributed by atoms with Crippen LogP contribution in [-0.4, -0.2) is 41.0 Å². The summed E-state index contributed by atoms with van der Waals surface area (Å²) < 4.78 is 12.6. The van der Waals surface area contributed by atoms with Gasteiger partial charge in [-0.25, -0.2) is 4.98 Å². The van der Waals surface area contributed by atoms with Crippen molar-refractivity contribution in [3.05, 3.63) is 46.7 Å².